The highest BCUT2D eigenvalue weighted by Crippen LogP contribution is 2.33. The molecular weight excluding hydrogens is 277 g/mol. The molecule has 19 heavy (non-hydrogen) atoms. The summed E-state index contributed by atoms with van der Waals surface area (Å²) in [5.41, 5.74) is 4.34. The van der Waals surface area contributed by atoms with Crippen LogP contribution in [0.2, 0.25) is 0 Å². The Morgan fingerprint density at radius 2 is 2.11 bits per heavy atom. The lowest BCUT2D eigenvalue weighted by Crippen LogP contribution is -2.28. The van der Waals surface area contributed by atoms with Gasteiger partial charge in [0, 0.05) is 12.1 Å². The van der Waals surface area contributed by atoms with Crippen LogP contribution < -0.4 is 10.5 Å². The summed E-state index contributed by atoms with van der Waals surface area (Å²) in [6, 6.07) is 1.13. The third-order valence-electron chi connectivity index (χ3n) is 2.95. The SMILES string of the molecule is CC1CC1NS(=O)(=O)c1c(N)cc([N+](=O)[O-])cc1F. The van der Waals surface area contributed by atoms with Crippen molar-refractivity contribution in [1.82, 2.24) is 4.72 Å². The van der Waals surface area contributed by atoms with Crippen molar-refractivity contribution in [3.05, 3.63) is 28.1 Å². The van der Waals surface area contributed by atoms with E-state index in [9.17, 15) is 22.9 Å². The summed E-state index contributed by atoms with van der Waals surface area (Å²) in [5.74, 6) is -1.04. The molecule has 0 saturated heterocycles. The number of nitrogens with zero attached hydrogens (tertiary/aromatic N) is 1. The number of halogens is 1. The van der Waals surface area contributed by atoms with Crippen LogP contribution in [0.4, 0.5) is 15.8 Å². The lowest BCUT2D eigenvalue weighted by atomic mass is 10.3. The number of nitrogens with one attached hydrogen (secondary N) is 1. The number of anilines is 1. The van der Waals surface area contributed by atoms with Gasteiger partial charge in [-0.05, 0) is 12.3 Å². The average molecular weight is 289 g/mol. The summed E-state index contributed by atoms with van der Waals surface area (Å²) in [5, 5.41) is 10.5. The smallest absolute Gasteiger partial charge is 0.274 e. The van der Waals surface area contributed by atoms with E-state index in [4.69, 9.17) is 5.73 Å². The van der Waals surface area contributed by atoms with Gasteiger partial charge in [-0.3, -0.25) is 10.1 Å². The first-order chi connectivity index (χ1) is 8.72. The second kappa shape index (κ2) is 4.42. The molecule has 2 unspecified atom stereocenters. The summed E-state index contributed by atoms with van der Waals surface area (Å²) >= 11 is 0. The predicted molar refractivity (Wildman–Crippen MR) is 65.4 cm³/mol. The Morgan fingerprint density at radius 1 is 1.53 bits per heavy atom. The lowest BCUT2D eigenvalue weighted by Gasteiger charge is -2.09. The highest BCUT2D eigenvalue weighted by Gasteiger charge is 2.38. The average Bonchev–Trinajstić information content (AvgIpc) is 2.91. The maximum absolute atomic E-state index is 13.7. The van der Waals surface area contributed by atoms with Crippen LogP contribution in [-0.4, -0.2) is 19.4 Å². The number of nitrogen functional groups attached to an aromatic ring is 1. The summed E-state index contributed by atoms with van der Waals surface area (Å²) in [4.78, 5) is 8.94. The molecule has 1 saturated carbocycles. The summed E-state index contributed by atoms with van der Waals surface area (Å²) in [6.07, 6.45) is 0.674. The predicted octanol–water partition coefficient (Wildman–Crippen LogP) is 1.00. The lowest BCUT2D eigenvalue weighted by molar-refractivity contribution is -0.385. The maximum atomic E-state index is 13.7. The van der Waals surface area contributed by atoms with E-state index in [1.807, 2.05) is 6.92 Å². The van der Waals surface area contributed by atoms with Gasteiger partial charge in [0.05, 0.1) is 16.7 Å². The number of rotatable bonds is 4. The number of nitrogens with two attached hydrogens (primary N) is 1. The molecule has 0 bridgehead atoms. The molecule has 0 aliphatic heterocycles. The van der Waals surface area contributed by atoms with E-state index in [0.29, 0.717) is 12.5 Å². The van der Waals surface area contributed by atoms with Crippen molar-refractivity contribution < 1.29 is 17.7 Å². The number of nitro groups is 1. The zero-order valence-corrected chi connectivity index (χ0v) is 10.8. The van der Waals surface area contributed by atoms with Crippen molar-refractivity contribution in [1.29, 1.82) is 0 Å². The first-order valence-corrected chi connectivity index (χ1v) is 6.96. The quantitative estimate of drug-likeness (QED) is 0.487. The zero-order chi connectivity index (χ0) is 14.4. The van der Waals surface area contributed by atoms with Crippen molar-refractivity contribution in [3.63, 3.8) is 0 Å². The van der Waals surface area contributed by atoms with Crippen molar-refractivity contribution >= 4 is 21.4 Å². The molecule has 1 aromatic rings. The van der Waals surface area contributed by atoms with Gasteiger partial charge in [0.2, 0.25) is 10.0 Å². The number of benzene rings is 1. The second-order valence-electron chi connectivity index (χ2n) is 4.54. The van der Waals surface area contributed by atoms with E-state index in [-0.39, 0.29) is 12.0 Å². The van der Waals surface area contributed by atoms with Gasteiger partial charge in [0.1, 0.15) is 4.90 Å². The highest BCUT2D eigenvalue weighted by molar-refractivity contribution is 7.89. The monoisotopic (exact) mass is 289 g/mol. The third-order valence-corrected chi connectivity index (χ3v) is 4.53. The molecule has 2 atom stereocenters. The van der Waals surface area contributed by atoms with E-state index in [1.54, 1.807) is 0 Å². The molecule has 1 aliphatic carbocycles. The number of hydrogen-bond acceptors (Lipinski definition) is 5. The molecule has 7 nitrogen and oxygen atoms in total. The Bertz CT molecular complexity index is 623. The molecule has 3 N–H and O–H groups in total. The van der Waals surface area contributed by atoms with Gasteiger partial charge in [-0.2, -0.15) is 0 Å². The van der Waals surface area contributed by atoms with Crippen molar-refractivity contribution in [2.45, 2.75) is 24.3 Å². The van der Waals surface area contributed by atoms with Gasteiger partial charge in [-0.25, -0.2) is 17.5 Å². The molecule has 9 heteroatoms. The second-order valence-corrected chi connectivity index (χ2v) is 6.19. The summed E-state index contributed by atoms with van der Waals surface area (Å²) in [6.45, 7) is 1.85. The fraction of sp³-hybridized carbons (Fsp3) is 0.400. The normalized spacial score (nSPS) is 22.2. The Hall–Kier alpha value is -1.74. The minimum absolute atomic E-state index is 0.192. The van der Waals surface area contributed by atoms with Crippen LogP contribution >= 0.6 is 0 Å². The van der Waals surface area contributed by atoms with Crippen molar-refractivity contribution in [2.24, 2.45) is 5.92 Å². The molecule has 0 amide bonds. The van der Waals surface area contributed by atoms with Crippen LogP contribution in [0, 0.1) is 21.8 Å². The van der Waals surface area contributed by atoms with E-state index in [1.165, 1.54) is 0 Å². The molecule has 0 radical (unpaired) electrons. The Balaban J connectivity index is 2.42. The molecular formula is C10H12FN3O4S. The van der Waals surface area contributed by atoms with Crippen LogP contribution in [0.5, 0.6) is 0 Å². The highest BCUT2D eigenvalue weighted by atomic mass is 32.2. The molecule has 104 valence electrons. The first-order valence-electron chi connectivity index (χ1n) is 5.48. The number of non-ortho nitro benzene ring substituents is 1. The van der Waals surface area contributed by atoms with Crippen molar-refractivity contribution in [2.75, 3.05) is 5.73 Å². The largest absolute Gasteiger partial charge is 0.397 e. The van der Waals surface area contributed by atoms with Crippen LogP contribution in [0.1, 0.15) is 13.3 Å². The fourth-order valence-corrected chi connectivity index (χ4v) is 3.26. The Labute approximate surface area is 108 Å². The van der Waals surface area contributed by atoms with Crippen LogP contribution in [-0.2, 0) is 10.0 Å². The zero-order valence-electron chi connectivity index (χ0n) is 9.96. The molecule has 0 spiro atoms. The summed E-state index contributed by atoms with van der Waals surface area (Å²) < 4.78 is 39.9. The van der Waals surface area contributed by atoms with Gasteiger partial charge in [0.15, 0.2) is 5.82 Å². The number of hydrogen-bond donors (Lipinski definition) is 2. The molecule has 1 aromatic carbocycles. The van der Waals surface area contributed by atoms with Gasteiger partial charge in [-0.1, -0.05) is 6.92 Å². The first kappa shape index (κ1) is 13.7. The Morgan fingerprint density at radius 3 is 2.53 bits per heavy atom. The van der Waals surface area contributed by atoms with Crippen molar-refractivity contribution in [3.8, 4) is 0 Å². The van der Waals surface area contributed by atoms with Crippen LogP contribution in [0.3, 0.4) is 0 Å². The molecule has 2 rings (SSSR count). The summed E-state index contributed by atoms with van der Waals surface area (Å²) in [7, 11) is -4.11. The maximum Gasteiger partial charge on any atom is 0.274 e. The molecule has 1 aliphatic rings. The number of nitro benzene ring substituents is 1. The number of sulfonamides is 1. The Kier molecular flexibility index (Phi) is 3.19. The van der Waals surface area contributed by atoms with E-state index in [0.717, 1.165) is 6.07 Å². The minimum atomic E-state index is -4.11. The fourth-order valence-electron chi connectivity index (χ4n) is 1.73. The van der Waals surface area contributed by atoms with E-state index >= 15 is 0 Å². The van der Waals surface area contributed by atoms with E-state index < -0.39 is 37.0 Å². The topological polar surface area (TPSA) is 115 Å². The van der Waals surface area contributed by atoms with Gasteiger partial charge >= 0.3 is 0 Å². The van der Waals surface area contributed by atoms with Gasteiger partial charge < -0.3 is 5.73 Å². The standard InChI is InChI=1S/C10H12FN3O4S/c1-5-2-9(5)13-19(17,18)10-7(11)3-6(14(15)16)4-8(10)12/h3-5,9,13H,2,12H2,1H3. The van der Waals surface area contributed by atoms with Crippen LogP contribution in [0.15, 0.2) is 17.0 Å². The molecule has 1 fully saturated rings. The third kappa shape index (κ3) is 2.66. The molecule has 0 heterocycles. The van der Waals surface area contributed by atoms with Crippen LogP contribution in [0.25, 0.3) is 0 Å². The van der Waals surface area contributed by atoms with E-state index in [2.05, 4.69) is 4.72 Å². The van der Waals surface area contributed by atoms with Gasteiger partial charge in [0.25, 0.3) is 5.69 Å². The van der Waals surface area contributed by atoms with Gasteiger partial charge in [-0.15, -0.1) is 0 Å². The minimum Gasteiger partial charge on any atom is -0.397 e. The molecule has 0 aromatic heterocycles.